The van der Waals surface area contributed by atoms with E-state index in [9.17, 15) is 9.59 Å². The van der Waals surface area contributed by atoms with E-state index in [0.29, 0.717) is 25.5 Å². The zero-order chi connectivity index (χ0) is 15.7. The van der Waals surface area contributed by atoms with Crippen molar-refractivity contribution in [1.29, 1.82) is 0 Å². The Morgan fingerprint density at radius 1 is 1.27 bits per heavy atom. The van der Waals surface area contributed by atoms with E-state index < -0.39 is 0 Å². The van der Waals surface area contributed by atoms with E-state index in [1.807, 2.05) is 4.90 Å². The Balaban J connectivity index is 1.80. The van der Waals surface area contributed by atoms with Gasteiger partial charge in [-0.15, -0.1) is 0 Å². The van der Waals surface area contributed by atoms with E-state index in [1.165, 1.54) is 6.20 Å². The van der Waals surface area contributed by atoms with E-state index in [-0.39, 0.29) is 28.4 Å². The smallest absolute Gasteiger partial charge is 0.274 e. The number of aromatic nitrogens is 2. The van der Waals surface area contributed by atoms with Crippen LogP contribution >= 0.6 is 11.6 Å². The Labute approximate surface area is 133 Å². The summed E-state index contributed by atoms with van der Waals surface area (Å²) in [5.74, 6) is -0.392. The molecule has 2 fully saturated rings. The third-order valence-electron chi connectivity index (χ3n) is 4.20. The molecule has 0 radical (unpaired) electrons. The first-order valence-corrected chi connectivity index (χ1v) is 7.80. The minimum atomic E-state index is -0.373. The number of nitrogens with zero attached hydrogens (tertiary/aromatic N) is 4. The number of carbonyl (C=O) groups is 2. The summed E-state index contributed by atoms with van der Waals surface area (Å²) in [6.07, 6.45) is 4.25. The third-order valence-corrected chi connectivity index (χ3v) is 4.48. The Kier molecular flexibility index (Phi) is 4.15. The topological polar surface area (TPSA) is 92.4 Å². The molecule has 1 aromatic heterocycles. The van der Waals surface area contributed by atoms with Crippen molar-refractivity contribution in [3.8, 4) is 0 Å². The molecule has 0 aliphatic carbocycles. The zero-order valence-electron chi connectivity index (χ0n) is 12.2. The summed E-state index contributed by atoms with van der Waals surface area (Å²) in [6, 6.07) is 0. The Bertz CT molecular complexity index is 603. The highest BCUT2D eigenvalue weighted by Gasteiger charge is 2.32. The predicted molar refractivity (Wildman–Crippen MR) is 81.7 cm³/mol. The maximum atomic E-state index is 12.6. The molecule has 7 nitrogen and oxygen atoms in total. The standard InChI is InChI=1S/C14H18ClN5O2/c15-10-7-17-14(19-4-1-2-5-19)18-11(10)13(22)20-6-3-9(8-20)12(16)21/h7,9H,1-6,8H2,(H2,16,21)/t9-/m0/s1. The van der Waals surface area contributed by atoms with E-state index in [0.717, 1.165) is 25.9 Å². The van der Waals surface area contributed by atoms with Gasteiger partial charge in [-0.25, -0.2) is 9.97 Å². The summed E-state index contributed by atoms with van der Waals surface area (Å²) < 4.78 is 0. The van der Waals surface area contributed by atoms with Gasteiger partial charge in [0.05, 0.1) is 17.1 Å². The molecule has 118 valence electrons. The normalized spacial score (nSPS) is 21.4. The molecule has 0 saturated carbocycles. The maximum absolute atomic E-state index is 12.6. The van der Waals surface area contributed by atoms with Crippen LogP contribution in [0.1, 0.15) is 29.8 Å². The number of halogens is 1. The maximum Gasteiger partial charge on any atom is 0.274 e. The molecule has 2 N–H and O–H groups in total. The quantitative estimate of drug-likeness (QED) is 0.883. The molecule has 0 spiro atoms. The van der Waals surface area contributed by atoms with Gasteiger partial charge in [-0.3, -0.25) is 9.59 Å². The first-order valence-electron chi connectivity index (χ1n) is 7.42. The average Bonchev–Trinajstić information content (AvgIpc) is 3.18. The van der Waals surface area contributed by atoms with Gasteiger partial charge in [0, 0.05) is 26.2 Å². The van der Waals surface area contributed by atoms with Crippen molar-refractivity contribution in [2.45, 2.75) is 19.3 Å². The highest BCUT2D eigenvalue weighted by molar-refractivity contribution is 6.33. The molecule has 2 amide bonds. The van der Waals surface area contributed by atoms with Gasteiger partial charge >= 0.3 is 0 Å². The van der Waals surface area contributed by atoms with Crippen molar-refractivity contribution in [1.82, 2.24) is 14.9 Å². The number of amides is 2. The largest absolute Gasteiger partial charge is 0.369 e. The summed E-state index contributed by atoms with van der Waals surface area (Å²) in [7, 11) is 0. The second-order valence-electron chi connectivity index (χ2n) is 5.70. The third kappa shape index (κ3) is 2.85. The average molecular weight is 324 g/mol. The molecule has 1 aromatic rings. The lowest BCUT2D eigenvalue weighted by molar-refractivity contribution is -0.121. The molecule has 8 heteroatoms. The minimum absolute atomic E-state index is 0.198. The lowest BCUT2D eigenvalue weighted by Gasteiger charge is -2.19. The van der Waals surface area contributed by atoms with Crippen LogP contribution in [-0.2, 0) is 4.79 Å². The fourth-order valence-corrected chi connectivity index (χ4v) is 3.08. The Morgan fingerprint density at radius 2 is 2.00 bits per heavy atom. The van der Waals surface area contributed by atoms with Crippen LogP contribution in [0.2, 0.25) is 5.02 Å². The molecule has 2 aliphatic heterocycles. The van der Waals surface area contributed by atoms with Crippen LogP contribution in [0.5, 0.6) is 0 Å². The number of anilines is 1. The van der Waals surface area contributed by atoms with Gasteiger partial charge in [-0.05, 0) is 19.3 Å². The fraction of sp³-hybridized carbons (Fsp3) is 0.571. The van der Waals surface area contributed by atoms with Gasteiger partial charge in [0.1, 0.15) is 0 Å². The molecule has 3 rings (SSSR count). The van der Waals surface area contributed by atoms with E-state index in [2.05, 4.69) is 9.97 Å². The number of rotatable bonds is 3. The number of nitrogens with two attached hydrogens (primary N) is 1. The summed E-state index contributed by atoms with van der Waals surface area (Å²) >= 11 is 6.09. The summed E-state index contributed by atoms with van der Waals surface area (Å²) in [6.45, 7) is 2.60. The molecule has 0 unspecified atom stereocenters. The molecule has 22 heavy (non-hydrogen) atoms. The van der Waals surface area contributed by atoms with E-state index >= 15 is 0 Å². The lowest BCUT2D eigenvalue weighted by atomic mass is 10.1. The fourth-order valence-electron chi connectivity index (χ4n) is 2.90. The first kappa shape index (κ1) is 15.0. The van der Waals surface area contributed by atoms with Crippen LogP contribution in [0.4, 0.5) is 5.95 Å². The molecule has 2 saturated heterocycles. The highest BCUT2D eigenvalue weighted by atomic mass is 35.5. The highest BCUT2D eigenvalue weighted by Crippen LogP contribution is 2.23. The van der Waals surface area contributed by atoms with Crippen molar-refractivity contribution < 1.29 is 9.59 Å². The molecule has 3 heterocycles. The van der Waals surface area contributed by atoms with Crippen LogP contribution in [0.3, 0.4) is 0 Å². The van der Waals surface area contributed by atoms with E-state index in [1.54, 1.807) is 4.90 Å². The summed E-state index contributed by atoms with van der Waals surface area (Å²) in [4.78, 5) is 36.0. The Morgan fingerprint density at radius 3 is 2.64 bits per heavy atom. The van der Waals surface area contributed by atoms with Gasteiger partial charge in [0.2, 0.25) is 11.9 Å². The van der Waals surface area contributed by atoms with Gasteiger partial charge in [0.25, 0.3) is 5.91 Å². The first-order chi connectivity index (χ1) is 10.6. The van der Waals surface area contributed by atoms with E-state index in [4.69, 9.17) is 17.3 Å². The number of carbonyl (C=O) groups excluding carboxylic acids is 2. The van der Waals surface area contributed by atoms with Crippen molar-refractivity contribution >= 4 is 29.4 Å². The van der Waals surface area contributed by atoms with Crippen LogP contribution in [0, 0.1) is 5.92 Å². The number of primary amides is 1. The molecular formula is C14H18ClN5O2. The van der Waals surface area contributed by atoms with Crippen LogP contribution in [0.15, 0.2) is 6.20 Å². The minimum Gasteiger partial charge on any atom is -0.369 e. The monoisotopic (exact) mass is 323 g/mol. The molecule has 0 aromatic carbocycles. The van der Waals surface area contributed by atoms with Gasteiger partial charge < -0.3 is 15.5 Å². The molecular weight excluding hydrogens is 306 g/mol. The second-order valence-corrected chi connectivity index (χ2v) is 6.11. The number of likely N-dealkylation sites (tertiary alicyclic amines) is 1. The molecule has 0 bridgehead atoms. The lowest BCUT2D eigenvalue weighted by Crippen LogP contribution is -2.33. The number of hydrogen-bond acceptors (Lipinski definition) is 5. The van der Waals surface area contributed by atoms with Crippen LogP contribution in [0.25, 0.3) is 0 Å². The van der Waals surface area contributed by atoms with Crippen LogP contribution < -0.4 is 10.6 Å². The zero-order valence-corrected chi connectivity index (χ0v) is 12.9. The van der Waals surface area contributed by atoms with Crippen molar-refractivity contribution in [3.05, 3.63) is 16.9 Å². The molecule has 2 aliphatic rings. The summed E-state index contributed by atoms with van der Waals surface area (Å²) in [5.41, 5.74) is 5.50. The molecule has 1 atom stereocenters. The van der Waals surface area contributed by atoms with Crippen molar-refractivity contribution in [2.24, 2.45) is 11.7 Å². The Hall–Kier alpha value is -1.89. The number of hydrogen-bond donors (Lipinski definition) is 1. The van der Waals surface area contributed by atoms with Gasteiger partial charge in [0.15, 0.2) is 5.69 Å². The van der Waals surface area contributed by atoms with Crippen molar-refractivity contribution in [3.63, 3.8) is 0 Å². The summed E-state index contributed by atoms with van der Waals surface area (Å²) in [5, 5.41) is 0.232. The second kappa shape index (κ2) is 6.08. The van der Waals surface area contributed by atoms with Crippen LogP contribution in [-0.4, -0.2) is 52.9 Å². The van der Waals surface area contributed by atoms with Gasteiger partial charge in [-0.1, -0.05) is 11.6 Å². The SMILES string of the molecule is NC(=O)[C@H]1CCN(C(=O)c2nc(N3CCCC3)ncc2Cl)C1. The van der Waals surface area contributed by atoms with Crippen molar-refractivity contribution in [2.75, 3.05) is 31.1 Å². The van der Waals surface area contributed by atoms with Gasteiger partial charge in [-0.2, -0.15) is 0 Å². The predicted octanol–water partition coefficient (Wildman–Crippen LogP) is 0.678.